The number of methoxy groups -OCH3 is 3. The summed E-state index contributed by atoms with van der Waals surface area (Å²) in [5.41, 5.74) is 1.23. The summed E-state index contributed by atoms with van der Waals surface area (Å²) in [6.45, 7) is 1.99. The van der Waals surface area contributed by atoms with E-state index >= 15 is 0 Å². The Morgan fingerprint density at radius 3 is 2.43 bits per heavy atom. The largest absolute Gasteiger partial charge is 0.493 e. The molecule has 28 heavy (non-hydrogen) atoms. The molecule has 1 amide bonds. The predicted octanol–water partition coefficient (Wildman–Crippen LogP) is 2.44. The van der Waals surface area contributed by atoms with Gasteiger partial charge >= 0.3 is 0 Å². The number of nitrogens with zero attached hydrogens (tertiary/aromatic N) is 4. The summed E-state index contributed by atoms with van der Waals surface area (Å²) in [5, 5.41) is 16.2. The van der Waals surface area contributed by atoms with E-state index in [1.165, 1.54) is 33.1 Å². The average molecular weight is 403 g/mol. The lowest BCUT2D eigenvalue weighted by Crippen LogP contribution is -2.14. The van der Waals surface area contributed by atoms with Crippen molar-refractivity contribution in [2.75, 3.05) is 32.4 Å². The first-order chi connectivity index (χ1) is 13.6. The molecule has 148 valence electrons. The average Bonchev–Trinajstić information content (AvgIpc) is 3.13. The fraction of sp³-hybridized carbons (Fsp3) is 0.333. The maximum atomic E-state index is 12.4. The fourth-order valence-corrected chi connectivity index (χ4v) is 3.26. The quantitative estimate of drug-likeness (QED) is 0.573. The van der Waals surface area contributed by atoms with E-state index in [4.69, 9.17) is 14.2 Å². The van der Waals surface area contributed by atoms with Gasteiger partial charge in [0.1, 0.15) is 5.03 Å². The van der Waals surface area contributed by atoms with Gasteiger partial charge in [0.25, 0.3) is 0 Å². The minimum Gasteiger partial charge on any atom is -0.493 e. The van der Waals surface area contributed by atoms with Crippen molar-refractivity contribution in [1.82, 2.24) is 19.8 Å². The lowest BCUT2D eigenvalue weighted by Gasteiger charge is -2.14. The van der Waals surface area contributed by atoms with Gasteiger partial charge in [0, 0.05) is 24.2 Å². The van der Waals surface area contributed by atoms with E-state index < -0.39 is 0 Å². The van der Waals surface area contributed by atoms with Crippen molar-refractivity contribution in [3.8, 4) is 17.2 Å². The molecular formula is C18H21N5O4S. The summed E-state index contributed by atoms with van der Waals surface area (Å²) in [5.74, 6) is 2.20. The number of aryl methyl sites for hydroxylation is 1. The van der Waals surface area contributed by atoms with Gasteiger partial charge in [-0.2, -0.15) is 9.61 Å². The molecule has 2 heterocycles. The molecule has 0 aliphatic heterocycles. The van der Waals surface area contributed by atoms with Crippen molar-refractivity contribution >= 4 is 29.0 Å². The molecule has 3 rings (SSSR count). The number of benzene rings is 1. The van der Waals surface area contributed by atoms with Gasteiger partial charge in [-0.05, 0) is 12.1 Å². The van der Waals surface area contributed by atoms with Crippen LogP contribution in [0.25, 0.3) is 5.65 Å². The number of hydrogen-bond donors (Lipinski definition) is 1. The van der Waals surface area contributed by atoms with E-state index in [2.05, 4.69) is 20.6 Å². The van der Waals surface area contributed by atoms with E-state index in [9.17, 15) is 4.79 Å². The number of fused-ring (bicyclic) bond motifs is 1. The molecule has 0 unspecified atom stereocenters. The summed E-state index contributed by atoms with van der Waals surface area (Å²) in [7, 11) is 4.57. The van der Waals surface area contributed by atoms with Crippen LogP contribution in [0.15, 0.2) is 29.3 Å². The van der Waals surface area contributed by atoms with Crippen LogP contribution in [0.2, 0.25) is 0 Å². The molecule has 0 aliphatic rings. The molecule has 0 radical (unpaired) electrons. The Bertz CT molecular complexity index is 966. The molecule has 0 fully saturated rings. The van der Waals surface area contributed by atoms with Crippen molar-refractivity contribution < 1.29 is 19.0 Å². The Morgan fingerprint density at radius 1 is 1.11 bits per heavy atom. The number of carbonyl (C=O) groups excluding carboxylic acids is 1. The van der Waals surface area contributed by atoms with Gasteiger partial charge in [0.2, 0.25) is 11.7 Å². The second kappa shape index (κ2) is 8.79. The predicted molar refractivity (Wildman–Crippen MR) is 106 cm³/mol. The number of carbonyl (C=O) groups is 1. The highest BCUT2D eigenvalue weighted by atomic mass is 32.2. The van der Waals surface area contributed by atoms with E-state index in [1.807, 2.05) is 19.1 Å². The zero-order valence-corrected chi connectivity index (χ0v) is 16.9. The summed E-state index contributed by atoms with van der Waals surface area (Å²) >= 11 is 1.33. The van der Waals surface area contributed by atoms with Gasteiger partial charge in [-0.1, -0.05) is 18.7 Å². The van der Waals surface area contributed by atoms with E-state index in [-0.39, 0.29) is 11.7 Å². The van der Waals surface area contributed by atoms with Crippen molar-refractivity contribution in [2.24, 2.45) is 0 Å². The number of amides is 1. The molecule has 0 bridgehead atoms. The zero-order chi connectivity index (χ0) is 20.1. The highest BCUT2D eigenvalue weighted by Crippen LogP contribution is 2.39. The van der Waals surface area contributed by atoms with Crippen molar-refractivity contribution in [2.45, 2.75) is 18.4 Å². The van der Waals surface area contributed by atoms with Crippen molar-refractivity contribution in [3.63, 3.8) is 0 Å². The van der Waals surface area contributed by atoms with Crippen LogP contribution >= 0.6 is 11.8 Å². The first-order valence-corrected chi connectivity index (χ1v) is 9.52. The molecule has 10 heteroatoms. The fourth-order valence-electron chi connectivity index (χ4n) is 2.60. The highest BCUT2D eigenvalue weighted by Gasteiger charge is 2.15. The number of anilines is 1. The van der Waals surface area contributed by atoms with Crippen LogP contribution in [0, 0.1) is 0 Å². The summed E-state index contributed by atoms with van der Waals surface area (Å²) in [6, 6.07) is 7.01. The van der Waals surface area contributed by atoms with Crippen LogP contribution in [0.1, 0.15) is 12.7 Å². The standard InChI is InChI=1S/C18H21N5O4S/c1-5-14-20-21-15-6-7-17(22-23(14)15)28-10-16(24)19-11-8-12(25-2)18(27-4)13(9-11)26-3/h6-9H,5,10H2,1-4H3,(H,19,24). The maximum Gasteiger partial charge on any atom is 0.234 e. The number of ether oxygens (including phenoxy) is 3. The molecule has 3 aromatic rings. The Kier molecular flexibility index (Phi) is 6.19. The Morgan fingerprint density at radius 2 is 1.82 bits per heavy atom. The van der Waals surface area contributed by atoms with Crippen LogP contribution < -0.4 is 19.5 Å². The molecule has 2 aromatic heterocycles. The molecule has 9 nitrogen and oxygen atoms in total. The normalized spacial score (nSPS) is 10.7. The number of hydrogen-bond acceptors (Lipinski definition) is 8. The first kappa shape index (κ1) is 19.7. The highest BCUT2D eigenvalue weighted by molar-refractivity contribution is 7.99. The lowest BCUT2D eigenvalue weighted by atomic mass is 10.2. The van der Waals surface area contributed by atoms with Crippen LogP contribution in [-0.2, 0) is 11.2 Å². The molecule has 0 aliphatic carbocycles. The molecule has 0 saturated heterocycles. The molecular weight excluding hydrogens is 382 g/mol. The number of nitrogens with one attached hydrogen (secondary N) is 1. The van der Waals surface area contributed by atoms with Gasteiger partial charge in [-0.15, -0.1) is 10.2 Å². The Hall–Kier alpha value is -3.01. The number of thioether (sulfide) groups is 1. The zero-order valence-electron chi connectivity index (χ0n) is 16.1. The van der Waals surface area contributed by atoms with Crippen LogP contribution in [-0.4, -0.2) is 52.8 Å². The summed E-state index contributed by atoms with van der Waals surface area (Å²) < 4.78 is 17.6. The number of rotatable bonds is 8. The van der Waals surface area contributed by atoms with E-state index in [0.29, 0.717) is 33.6 Å². The lowest BCUT2D eigenvalue weighted by molar-refractivity contribution is -0.113. The summed E-state index contributed by atoms with van der Waals surface area (Å²) in [4.78, 5) is 12.4. The Labute approximate surface area is 166 Å². The van der Waals surface area contributed by atoms with E-state index in [0.717, 1.165) is 12.2 Å². The molecule has 0 atom stereocenters. The van der Waals surface area contributed by atoms with Gasteiger partial charge in [-0.25, -0.2) is 0 Å². The first-order valence-electron chi connectivity index (χ1n) is 8.53. The minimum absolute atomic E-state index is 0.180. The van der Waals surface area contributed by atoms with Crippen molar-refractivity contribution in [3.05, 3.63) is 30.1 Å². The van der Waals surface area contributed by atoms with E-state index in [1.54, 1.807) is 16.6 Å². The third kappa shape index (κ3) is 4.11. The third-order valence-corrected chi connectivity index (χ3v) is 4.84. The van der Waals surface area contributed by atoms with Gasteiger partial charge in [0.05, 0.1) is 27.1 Å². The van der Waals surface area contributed by atoms with Crippen LogP contribution in [0.5, 0.6) is 17.2 Å². The monoisotopic (exact) mass is 403 g/mol. The smallest absolute Gasteiger partial charge is 0.234 e. The van der Waals surface area contributed by atoms with Crippen LogP contribution in [0.3, 0.4) is 0 Å². The van der Waals surface area contributed by atoms with Gasteiger partial charge in [0.15, 0.2) is 23.0 Å². The van der Waals surface area contributed by atoms with Gasteiger partial charge < -0.3 is 19.5 Å². The molecule has 1 N–H and O–H groups in total. The van der Waals surface area contributed by atoms with Gasteiger partial charge in [-0.3, -0.25) is 4.79 Å². The summed E-state index contributed by atoms with van der Waals surface area (Å²) in [6.07, 6.45) is 0.726. The SMILES string of the molecule is CCc1nnc2ccc(SCC(=O)Nc3cc(OC)c(OC)c(OC)c3)nn12. The minimum atomic E-state index is -0.180. The second-order valence-electron chi connectivity index (χ2n) is 5.66. The molecule has 1 aromatic carbocycles. The topological polar surface area (TPSA) is 99.9 Å². The molecule has 0 saturated carbocycles. The Balaban J connectivity index is 1.69. The third-order valence-electron chi connectivity index (χ3n) is 3.92. The second-order valence-corrected chi connectivity index (χ2v) is 6.66. The van der Waals surface area contributed by atoms with Crippen molar-refractivity contribution in [1.29, 1.82) is 0 Å². The maximum absolute atomic E-state index is 12.4. The number of aromatic nitrogens is 4. The molecule has 0 spiro atoms. The van der Waals surface area contributed by atoms with Crippen LogP contribution in [0.4, 0.5) is 5.69 Å².